The topological polar surface area (TPSA) is 52.5 Å². The van der Waals surface area contributed by atoms with Gasteiger partial charge in [0.1, 0.15) is 11.6 Å². The van der Waals surface area contributed by atoms with Crippen LogP contribution in [0.4, 0.5) is 34.3 Å². The minimum Gasteiger partial charge on any atom is -0.507 e. The molecule has 0 bridgehead atoms. The molecule has 0 radical (unpaired) electrons. The van der Waals surface area contributed by atoms with Gasteiger partial charge in [0.2, 0.25) is 0 Å². The van der Waals surface area contributed by atoms with Gasteiger partial charge in [0, 0.05) is 46.0 Å². The minimum atomic E-state index is 0.160. The average Bonchev–Trinajstić information content (AvgIpc) is 3.20. The number of rotatable bonds is 9. The summed E-state index contributed by atoms with van der Waals surface area (Å²) in [6, 6.07) is 65.3. The Kier molecular flexibility index (Phi) is 8.74. The highest BCUT2D eigenvalue weighted by Crippen LogP contribution is 2.45. The summed E-state index contributed by atoms with van der Waals surface area (Å²) in [5.41, 5.74) is 10.1. The van der Waals surface area contributed by atoms with Crippen molar-refractivity contribution in [2.75, 3.05) is 9.80 Å². The number of anilines is 6. The van der Waals surface area contributed by atoms with Gasteiger partial charge in [-0.25, -0.2) is 4.98 Å². The van der Waals surface area contributed by atoms with Gasteiger partial charge in [0.15, 0.2) is 0 Å². The van der Waals surface area contributed by atoms with Crippen molar-refractivity contribution < 1.29 is 5.11 Å². The zero-order valence-electron chi connectivity index (χ0n) is 27.8. The molecule has 1 N–H and O–H groups in total. The Morgan fingerprint density at radius 1 is 0.392 bits per heavy atom. The van der Waals surface area contributed by atoms with Crippen LogP contribution in [0, 0.1) is 0 Å². The third kappa shape index (κ3) is 6.56. The molecule has 6 aromatic carbocycles. The monoisotopic (exact) mass is 658 g/mol. The molecule has 5 heteroatoms. The second-order valence-corrected chi connectivity index (χ2v) is 12.1. The van der Waals surface area contributed by atoms with E-state index in [0.717, 1.165) is 50.8 Å². The maximum Gasteiger partial charge on any atom is 0.140 e. The molecule has 0 saturated carbocycles. The number of hydrogen-bond acceptors (Lipinski definition) is 5. The molecule has 5 nitrogen and oxygen atoms in total. The highest BCUT2D eigenvalue weighted by molar-refractivity contribution is 5.90. The lowest BCUT2D eigenvalue weighted by Crippen LogP contribution is -2.16. The Bertz CT molecular complexity index is 2340. The Morgan fingerprint density at radius 3 is 1.67 bits per heavy atom. The van der Waals surface area contributed by atoms with Crippen molar-refractivity contribution in [2.24, 2.45) is 0 Å². The summed E-state index contributed by atoms with van der Waals surface area (Å²) >= 11 is 0. The van der Waals surface area contributed by atoms with Crippen molar-refractivity contribution in [1.82, 2.24) is 9.97 Å². The summed E-state index contributed by atoms with van der Waals surface area (Å²) in [6.07, 6.45) is 1.82. The van der Waals surface area contributed by atoms with Crippen LogP contribution < -0.4 is 9.80 Å². The zero-order chi connectivity index (χ0) is 34.4. The fourth-order valence-corrected chi connectivity index (χ4v) is 6.44. The SMILES string of the molecule is Oc1ccccc1-c1cc(N(c2ccccc2)c2ccccc2)cc(N(c2cccc(-c3ccccn3)c2)c2ccccc2-c2ccccc2)n1. The molecule has 0 amide bonds. The van der Waals surface area contributed by atoms with Crippen LogP contribution in [0.5, 0.6) is 5.75 Å². The lowest BCUT2D eigenvalue weighted by molar-refractivity contribution is 0.477. The Hall–Kier alpha value is -6.98. The van der Waals surface area contributed by atoms with E-state index >= 15 is 0 Å². The molecule has 8 rings (SSSR count). The highest BCUT2D eigenvalue weighted by atomic mass is 16.3. The van der Waals surface area contributed by atoms with Gasteiger partial charge in [0.05, 0.1) is 22.8 Å². The fraction of sp³-hybridized carbons (Fsp3) is 0. The molecule has 0 saturated heterocycles. The number of phenols is 1. The van der Waals surface area contributed by atoms with E-state index in [9.17, 15) is 5.11 Å². The number of nitrogens with zero attached hydrogens (tertiary/aromatic N) is 4. The van der Waals surface area contributed by atoms with Gasteiger partial charge < -0.3 is 10.0 Å². The molecule has 0 aliphatic carbocycles. The van der Waals surface area contributed by atoms with Crippen molar-refractivity contribution in [3.63, 3.8) is 0 Å². The van der Waals surface area contributed by atoms with Crippen LogP contribution in [0.25, 0.3) is 33.6 Å². The van der Waals surface area contributed by atoms with Gasteiger partial charge in [0.25, 0.3) is 0 Å². The molecule has 0 aliphatic rings. The molecule has 0 atom stereocenters. The summed E-state index contributed by atoms with van der Waals surface area (Å²) in [6.45, 7) is 0. The van der Waals surface area contributed by atoms with Crippen LogP contribution in [-0.4, -0.2) is 15.1 Å². The molecule has 244 valence electrons. The van der Waals surface area contributed by atoms with Crippen molar-refractivity contribution >= 4 is 34.3 Å². The molecule has 0 aliphatic heterocycles. The molecule has 0 fully saturated rings. The summed E-state index contributed by atoms with van der Waals surface area (Å²) < 4.78 is 0. The quantitative estimate of drug-likeness (QED) is 0.167. The van der Waals surface area contributed by atoms with Crippen molar-refractivity contribution in [3.05, 3.63) is 200 Å². The molecular weight excluding hydrogens is 625 g/mol. The number of benzene rings is 6. The average molecular weight is 659 g/mol. The second-order valence-electron chi connectivity index (χ2n) is 12.1. The lowest BCUT2D eigenvalue weighted by atomic mass is 10.0. The zero-order valence-corrected chi connectivity index (χ0v) is 27.8. The van der Waals surface area contributed by atoms with Crippen LogP contribution in [0.3, 0.4) is 0 Å². The number of aromatic nitrogens is 2. The van der Waals surface area contributed by atoms with E-state index in [-0.39, 0.29) is 5.75 Å². The third-order valence-electron chi connectivity index (χ3n) is 8.79. The van der Waals surface area contributed by atoms with E-state index in [0.29, 0.717) is 17.1 Å². The van der Waals surface area contributed by atoms with E-state index in [2.05, 4.69) is 118 Å². The van der Waals surface area contributed by atoms with Crippen molar-refractivity contribution in [2.45, 2.75) is 0 Å². The summed E-state index contributed by atoms with van der Waals surface area (Å²) in [5.74, 6) is 0.844. The Balaban J connectivity index is 1.42. The van der Waals surface area contributed by atoms with Crippen molar-refractivity contribution in [1.29, 1.82) is 0 Å². The first-order valence-electron chi connectivity index (χ1n) is 16.9. The lowest BCUT2D eigenvalue weighted by Gasteiger charge is -2.30. The molecular formula is C46H34N4O. The first-order valence-corrected chi connectivity index (χ1v) is 16.9. The second kappa shape index (κ2) is 14.2. The summed E-state index contributed by atoms with van der Waals surface area (Å²) in [4.78, 5) is 14.4. The van der Waals surface area contributed by atoms with Crippen LogP contribution in [-0.2, 0) is 0 Å². The van der Waals surface area contributed by atoms with Gasteiger partial charge in [-0.15, -0.1) is 0 Å². The number of hydrogen-bond donors (Lipinski definition) is 1. The maximum atomic E-state index is 11.2. The van der Waals surface area contributed by atoms with E-state index in [1.807, 2.05) is 91.1 Å². The molecule has 2 aromatic heterocycles. The van der Waals surface area contributed by atoms with Crippen LogP contribution in [0.15, 0.2) is 200 Å². The standard InChI is InChI=1S/C46H34N4O/c51-45-29-13-11-26-41(45)43-32-39(49(36-20-6-2-7-21-36)37-22-8-3-9-23-37)33-46(48-43)50(38-24-16-19-35(31-38)42-27-14-15-30-47-42)44-28-12-10-25-40(44)34-17-4-1-5-18-34/h1-33,51H. The van der Waals surface area contributed by atoms with Gasteiger partial charge in [-0.3, -0.25) is 9.88 Å². The highest BCUT2D eigenvalue weighted by Gasteiger charge is 2.23. The summed E-state index contributed by atoms with van der Waals surface area (Å²) in [5, 5.41) is 11.2. The Morgan fingerprint density at radius 2 is 0.980 bits per heavy atom. The van der Waals surface area contributed by atoms with Crippen LogP contribution in [0.2, 0.25) is 0 Å². The maximum absolute atomic E-state index is 11.2. The molecule has 8 aromatic rings. The first-order chi connectivity index (χ1) is 25.2. The smallest absolute Gasteiger partial charge is 0.140 e. The normalized spacial score (nSPS) is 10.8. The molecule has 2 heterocycles. The van der Waals surface area contributed by atoms with E-state index in [1.165, 1.54) is 0 Å². The molecule has 0 unspecified atom stereocenters. The number of aromatic hydroxyl groups is 1. The fourth-order valence-electron chi connectivity index (χ4n) is 6.44. The largest absolute Gasteiger partial charge is 0.507 e. The third-order valence-corrected chi connectivity index (χ3v) is 8.79. The van der Waals surface area contributed by atoms with Crippen molar-refractivity contribution in [3.8, 4) is 39.4 Å². The van der Waals surface area contributed by atoms with Gasteiger partial charge >= 0.3 is 0 Å². The van der Waals surface area contributed by atoms with Gasteiger partial charge in [-0.05, 0) is 78.4 Å². The van der Waals surface area contributed by atoms with E-state index < -0.39 is 0 Å². The Labute approximate surface area is 298 Å². The molecule has 51 heavy (non-hydrogen) atoms. The van der Waals surface area contributed by atoms with Gasteiger partial charge in [-0.1, -0.05) is 115 Å². The first kappa shape index (κ1) is 31.3. The predicted octanol–water partition coefficient (Wildman–Crippen LogP) is 12.1. The van der Waals surface area contributed by atoms with Crippen LogP contribution in [0.1, 0.15) is 0 Å². The number of pyridine rings is 2. The van der Waals surface area contributed by atoms with Crippen LogP contribution >= 0.6 is 0 Å². The van der Waals surface area contributed by atoms with E-state index in [4.69, 9.17) is 4.98 Å². The van der Waals surface area contributed by atoms with E-state index in [1.54, 1.807) is 6.07 Å². The summed E-state index contributed by atoms with van der Waals surface area (Å²) in [7, 11) is 0. The number of phenolic OH excluding ortho intramolecular Hbond substituents is 1. The van der Waals surface area contributed by atoms with Gasteiger partial charge in [-0.2, -0.15) is 0 Å². The molecule has 0 spiro atoms. The predicted molar refractivity (Wildman–Crippen MR) is 209 cm³/mol. The minimum absolute atomic E-state index is 0.160. The number of para-hydroxylation sites is 4.